The predicted molar refractivity (Wildman–Crippen MR) is 138 cm³/mol. The number of benzene rings is 1. The van der Waals surface area contributed by atoms with Gasteiger partial charge in [-0.2, -0.15) is 0 Å². The van der Waals surface area contributed by atoms with Crippen LogP contribution in [0.3, 0.4) is 0 Å². The molecule has 0 unspecified atom stereocenters. The topological polar surface area (TPSA) is 134 Å². The Morgan fingerprint density at radius 3 is 2.42 bits per heavy atom. The fraction of sp³-hybridized carbons (Fsp3) is 0.346. The number of hydrogen-bond donors (Lipinski definition) is 4. The largest absolute Gasteiger partial charge is 0.444 e. The van der Waals surface area contributed by atoms with Crippen LogP contribution in [0.5, 0.6) is 0 Å². The van der Waals surface area contributed by atoms with Gasteiger partial charge in [0.25, 0.3) is 0 Å². The SMILES string of the molecule is CCNC(=O)Nc1cc2c(-c3ccncc3)ccc(CNC(=O)CCNC(=O)OC(C)(C)C)c2cn1. The highest BCUT2D eigenvalue weighted by atomic mass is 16.6. The van der Waals surface area contributed by atoms with Crippen LogP contribution in [0.25, 0.3) is 21.9 Å². The highest BCUT2D eigenvalue weighted by Gasteiger charge is 2.16. The molecule has 0 aliphatic rings. The van der Waals surface area contributed by atoms with Gasteiger partial charge in [0, 0.05) is 50.0 Å². The van der Waals surface area contributed by atoms with Crippen molar-refractivity contribution in [1.29, 1.82) is 0 Å². The standard InChI is InChI=1S/C26H32N6O4/c1-5-28-24(34)32-22-14-20-19(17-8-11-27-12-9-17)7-6-18(21(20)16-30-22)15-31-23(33)10-13-29-25(35)36-26(2,3)4/h6-9,11-12,14,16H,5,10,13,15H2,1-4H3,(H,29,35)(H,31,33)(H2,28,30,32,34). The Morgan fingerprint density at radius 1 is 0.972 bits per heavy atom. The molecule has 10 heteroatoms. The molecule has 2 heterocycles. The monoisotopic (exact) mass is 492 g/mol. The number of rotatable bonds is 8. The summed E-state index contributed by atoms with van der Waals surface area (Å²) < 4.78 is 5.17. The molecule has 1 aromatic carbocycles. The lowest BCUT2D eigenvalue weighted by molar-refractivity contribution is -0.121. The molecule has 0 aliphatic heterocycles. The van der Waals surface area contributed by atoms with Gasteiger partial charge >= 0.3 is 12.1 Å². The van der Waals surface area contributed by atoms with Crippen LogP contribution in [-0.4, -0.2) is 46.7 Å². The highest BCUT2D eigenvalue weighted by molar-refractivity contribution is 6.01. The van der Waals surface area contributed by atoms with Crippen LogP contribution in [0.15, 0.2) is 48.9 Å². The Labute approximate surface area is 210 Å². The normalized spacial score (nSPS) is 11.0. The second-order valence-electron chi connectivity index (χ2n) is 9.06. The number of nitrogens with zero attached hydrogens (tertiary/aromatic N) is 2. The van der Waals surface area contributed by atoms with Gasteiger partial charge < -0.3 is 20.7 Å². The average Bonchev–Trinajstić information content (AvgIpc) is 2.82. The summed E-state index contributed by atoms with van der Waals surface area (Å²) in [5, 5.41) is 12.6. The van der Waals surface area contributed by atoms with Crippen molar-refractivity contribution in [1.82, 2.24) is 25.9 Å². The summed E-state index contributed by atoms with van der Waals surface area (Å²) in [6.07, 6.45) is 4.68. The first-order chi connectivity index (χ1) is 17.2. The fourth-order valence-electron chi connectivity index (χ4n) is 3.50. The maximum atomic E-state index is 12.4. The number of urea groups is 1. The highest BCUT2D eigenvalue weighted by Crippen LogP contribution is 2.31. The Morgan fingerprint density at radius 2 is 1.72 bits per heavy atom. The molecule has 0 spiro atoms. The number of fused-ring (bicyclic) bond motifs is 1. The smallest absolute Gasteiger partial charge is 0.407 e. The lowest BCUT2D eigenvalue weighted by Crippen LogP contribution is -2.35. The minimum Gasteiger partial charge on any atom is -0.444 e. The minimum absolute atomic E-state index is 0.116. The summed E-state index contributed by atoms with van der Waals surface area (Å²) in [4.78, 5) is 44.6. The molecule has 3 rings (SSSR count). The van der Waals surface area contributed by atoms with E-state index < -0.39 is 11.7 Å². The first kappa shape index (κ1) is 26.4. The van der Waals surface area contributed by atoms with E-state index in [9.17, 15) is 14.4 Å². The van der Waals surface area contributed by atoms with Crippen LogP contribution in [0.1, 0.15) is 39.7 Å². The first-order valence-electron chi connectivity index (χ1n) is 11.8. The molecule has 0 aliphatic carbocycles. The Hall–Kier alpha value is -4.21. The Bertz CT molecular complexity index is 1220. The third-order valence-corrected chi connectivity index (χ3v) is 5.06. The molecule has 3 aromatic rings. The number of carbonyl (C=O) groups is 3. The van der Waals surface area contributed by atoms with E-state index in [1.54, 1.807) is 39.4 Å². The molecular weight excluding hydrogens is 460 g/mol. The van der Waals surface area contributed by atoms with E-state index in [0.29, 0.717) is 12.4 Å². The molecule has 0 fully saturated rings. The minimum atomic E-state index is -0.598. The van der Waals surface area contributed by atoms with Gasteiger partial charge in [0.2, 0.25) is 5.91 Å². The van der Waals surface area contributed by atoms with Crippen molar-refractivity contribution in [2.45, 2.75) is 46.3 Å². The van der Waals surface area contributed by atoms with E-state index in [4.69, 9.17) is 4.74 Å². The van der Waals surface area contributed by atoms with Crippen LogP contribution < -0.4 is 21.3 Å². The molecule has 0 bridgehead atoms. The molecule has 0 atom stereocenters. The molecule has 4 amide bonds. The van der Waals surface area contributed by atoms with Gasteiger partial charge in [-0.15, -0.1) is 0 Å². The summed E-state index contributed by atoms with van der Waals surface area (Å²) in [6.45, 7) is 8.11. The van der Waals surface area contributed by atoms with Crippen LogP contribution >= 0.6 is 0 Å². The Kier molecular flexibility index (Phi) is 8.77. The molecule has 190 valence electrons. The number of anilines is 1. The lowest BCUT2D eigenvalue weighted by atomic mass is 9.96. The van der Waals surface area contributed by atoms with Crippen LogP contribution in [0.2, 0.25) is 0 Å². The van der Waals surface area contributed by atoms with Gasteiger partial charge in [0.05, 0.1) is 0 Å². The van der Waals surface area contributed by atoms with Crippen LogP contribution in [-0.2, 0) is 16.1 Å². The molecule has 2 aromatic heterocycles. The van der Waals surface area contributed by atoms with E-state index in [-0.39, 0.29) is 31.4 Å². The van der Waals surface area contributed by atoms with Gasteiger partial charge in [0.1, 0.15) is 11.4 Å². The zero-order valence-corrected chi connectivity index (χ0v) is 21.0. The second kappa shape index (κ2) is 12.0. The van der Waals surface area contributed by atoms with Gasteiger partial charge in [-0.05, 0) is 68.0 Å². The average molecular weight is 493 g/mol. The Balaban J connectivity index is 1.75. The quantitative estimate of drug-likeness (QED) is 0.376. The number of aromatic nitrogens is 2. The summed E-state index contributed by atoms with van der Waals surface area (Å²) in [5.41, 5.74) is 2.19. The van der Waals surface area contributed by atoms with Crippen LogP contribution in [0.4, 0.5) is 15.4 Å². The number of carbonyl (C=O) groups excluding carboxylic acids is 3. The molecule has 0 saturated carbocycles. The van der Waals surface area contributed by atoms with Crippen molar-refractivity contribution in [3.05, 3.63) is 54.5 Å². The summed E-state index contributed by atoms with van der Waals surface area (Å²) >= 11 is 0. The van der Waals surface area contributed by atoms with Gasteiger partial charge in [-0.1, -0.05) is 12.1 Å². The van der Waals surface area contributed by atoms with Gasteiger partial charge in [0.15, 0.2) is 0 Å². The number of nitrogens with one attached hydrogen (secondary N) is 4. The van der Waals surface area contributed by atoms with Gasteiger partial charge in [-0.3, -0.25) is 15.1 Å². The third-order valence-electron chi connectivity index (χ3n) is 5.06. The number of amides is 4. The third kappa shape index (κ3) is 7.66. The van der Waals surface area contributed by atoms with Crippen molar-refractivity contribution < 1.29 is 19.1 Å². The molecule has 4 N–H and O–H groups in total. The molecule has 10 nitrogen and oxygen atoms in total. The molecule has 0 saturated heterocycles. The van der Waals surface area contributed by atoms with Crippen molar-refractivity contribution in [2.75, 3.05) is 18.4 Å². The molecular formula is C26H32N6O4. The van der Waals surface area contributed by atoms with Crippen molar-refractivity contribution in [2.24, 2.45) is 0 Å². The van der Waals surface area contributed by atoms with Crippen molar-refractivity contribution in [3.63, 3.8) is 0 Å². The summed E-state index contributed by atoms with van der Waals surface area (Å²) in [7, 11) is 0. The van der Waals surface area contributed by atoms with E-state index in [0.717, 1.165) is 27.5 Å². The number of alkyl carbamates (subject to hydrolysis) is 1. The second-order valence-corrected chi connectivity index (χ2v) is 9.06. The fourth-order valence-corrected chi connectivity index (χ4v) is 3.50. The van der Waals surface area contributed by atoms with E-state index in [1.807, 2.05) is 37.3 Å². The van der Waals surface area contributed by atoms with Crippen molar-refractivity contribution >= 4 is 34.6 Å². The summed E-state index contributed by atoms with van der Waals surface area (Å²) in [5.74, 6) is 0.207. The maximum Gasteiger partial charge on any atom is 0.407 e. The first-order valence-corrected chi connectivity index (χ1v) is 11.8. The predicted octanol–water partition coefficient (Wildman–Crippen LogP) is 3.97. The van der Waals surface area contributed by atoms with E-state index >= 15 is 0 Å². The summed E-state index contributed by atoms with van der Waals surface area (Å²) in [6, 6.07) is 9.21. The van der Waals surface area contributed by atoms with Gasteiger partial charge in [-0.25, -0.2) is 14.6 Å². The maximum absolute atomic E-state index is 12.4. The lowest BCUT2D eigenvalue weighted by Gasteiger charge is -2.19. The number of hydrogen-bond acceptors (Lipinski definition) is 6. The molecule has 0 radical (unpaired) electrons. The number of pyridine rings is 2. The zero-order chi connectivity index (χ0) is 26.1. The van der Waals surface area contributed by atoms with Crippen LogP contribution in [0, 0.1) is 0 Å². The van der Waals surface area contributed by atoms with E-state index in [1.165, 1.54) is 0 Å². The number of ether oxygens (including phenoxy) is 1. The zero-order valence-electron chi connectivity index (χ0n) is 21.0. The van der Waals surface area contributed by atoms with E-state index in [2.05, 4.69) is 31.2 Å². The molecule has 36 heavy (non-hydrogen) atoms. The van der Waals surface area contributed by atoms with Crippen molar-refractivity contribution in [3.8, 4) is 11.1 Å².